The Labute approximate surface area is 250 Å². The maximum atomic E-state index is 14.4. The van der Waals surface area contributed by atoms with Crippen LogP contribution in [0.5, 0.6) is 11.5 Å². The van der Waals surface area contributed by atoms with Crippen LogP contribution in [0.4, 0.5) is 15.9 Å². The van der Waals surface area contributed by atoms with Crippen molar-refractivity contribution < 1.29 is 18.6 Å². The Hall–Kier alpha value is -3.16. The van der Waals surface area contributed by atoms with Gasteiger partial charge in [0, 0.05) is 37.7 Å². The molecule has 0 fully saturated rings. The number of fused-ring (bicyclic) bond motifs is 1. The second kappa shape index (κ2) is 21.6. The number of halogens is 2. The molecule has 0 amide bonds. The Morgan fingerprint density at radius 1 is 1.07 bits per heavy atom. The van der Waals surface area contributed by atoms with E-state index in [1.807, 2.05) is 20.0 Å². The van der Waals surface area contributed by atoms with Gasteiger partial charge in [-0.05, 0) is 53.1 Å². The molecule has 228 valence electrons. The minimum atomic E-state index is -0.541. The first-order chi connectivity index (χ1) is 19.6. The lowest BCUT2D eigenvalue weighted by molar-refractivity contribution is 0.141. The van der Waals surface area contributed by atoms with Crippen LogP contribution in [0.25, 0.3) is 10.9 Å². The highest BCUT2D eigenvalue weighted by Crippen LogP contribution is 2.36. The second-order valence-corrected chi connectivity index (χ2v) is 9.64. The molecule has 0 aliphatic rings. The number of aromatic nitrogens is 2. The van der Waals surface area contributed by atoms with E-state index in [0.717, 1.165) is 19.7 Å². The zero-order valence-corrected chi connectivity index (χ0v) is 26.7. The topological polar surface area (TPSA) is 80.8 Å². The molecule has 1 atom stereocenters. The number of ether oxygens (including phenoxy) is 3. The third kappa shape index (κ3) is 13.4. The van der Waals surface area contributed by atoms with Gasteiger partial charge >= 0.3 is 0 Å². The van der Waals surface area contributed by atoms with Crippen molar-refractivity contribution in [3.05, 3.63) is 47.5 Å². The number of likely N-dealkylation sites (N-methyl/N-ethyl adjacent to an activating group) is 2. The largest absolute Gasteiger partial charge is 0.493 e. The number of hydrogen-bond donors (Lipinski definition) is 2. The van der Waals surface area contributed by atoms with Crippen molar-refractivity contribution in [1.29, 1.82) is 0 Å². The van der Waals surface area contributed by atoms with Crippen molar-refractivity contribution in [3.8, 4) is 24.3 Å². The first kappa shape index (κ1) is 37.8. The van der Waals surface area contributed by atoms with Crippen molar-refractivity contribution in [1.82, 2.24) is 20.2 Å². The first-order valence-electron chi connectivity index (χ1n) is 13.5. The summed E-state index contributed by atoms with van der Waals surface area (Å²) in [6.45, 7) is 13.0. The van der Waals surface area contributed by atoms with Gasteiger partial charge in [-0.1, -0.05) is 37.9 Å². The van der Waals surface area contributed by atoms with Crippen LogP contribution in [0, 0.1) is 18.7 Å². The van der Waals surface area contributed by atoms with Gasteiger partial charge < -0.3 is 29.7 Å². The summed E-state index contributed by atoms with van der Waals surface area (Å²) in [7, 11) is 7.23. The van der Waals surface area contributed by atoms with Crippen molar-refractivity contribution in [3.63, 3.8) is 0 Å². The quantitative estimate of drug-likeness (QED) is 0.186. The lowest BCUT2D eigenvalue weighted by atomic mass is 10.2. The summed E-state index contributed by atoms with van der Waals surface area (Å²) >= 11 is 5.90. The third-order valence-corrected chi connectivity index (χ3v) is 5.73. The summed E-state index contributed by atoms with van der Waals surface area (Å²) in [5, 5.41) is 6.66. The molecule has 2 N–H and O–H groups in total. The van der Waals surface area contributed by atoms with Crippen molar-refractivity contribution in [2.75, 3.05) is 53.3 Å². The summed E-state index contributed by atoms with van der Waals surface area (Å²) < 4.78 is 30.7. The van der Waals surface area contributed by atoms with Crippen LogP contribution in [0.2, 0.25) is 5.02 Å². The van der Waals surface area contributed by atoms with Crippen LogP contribution in [-0.2, 0) is 4.74 Å². The van der Waals surface area contributed by atoms with E-state index in [-0.39, 0.29) is 16.8 Å². The van der Waals surface area contributed by atoms with E-state index in [2.05, 4.69) is 73.1 Å². The Balaban J connectivity index is 0.00000125. The Morgan fingerprint density at radius 2 is 1.73 bits per heavy atom. The lowest BCUT2D eigenvalue weighted by Gasteiger charge is -2.26. The average Bonchev–Trinajstić information content (AvgIpc) is 2.96. The number of methoxy groups -OCH3 is 2. The summed E-state index contributed by atoms with van der Waals surface area (Å²) in [6, 6.07) is 8.76. The molecular formula is C31H47ClFN5O3. The molecular weight excluding hydrogens is 545 g/mol. The molecule has 1 aromatic heterocycles. The van der Waals surface area contributed by atoms with E-state index in [4.69, 9.17) is 25.8 Å². The number of anilines is 2. The number of nitrogens with one attached hydrogen (secondary N) is 2. The summed E-state index contributed by atoms with van der Waals surface area (Å²) in [5.74, 6) is 1.04. The van der Waals surface area contributed by atoms with E-state index in [0.29, 0.717) is 34.3 Å². The van der Waals surface area contributed by atoms with Crippen LogP contribution in [0.15, 0.2) is 36.7 Å². The smallest absolute Gasteiger partial charge is 0.165 e. The normalized spacial score (nSPS) is 10.9. The molecule has 1 unspecified atom stereocenters. The van der Waals surface area contributed by atoms with Gasteiger partial charge in [0.2, 0.25) is 0 Å². The number of benzene rings is 2. The van der Waals surface area contributed by atoms with Gasteiger partial charge in [0.25, 0.3) is 0 Å². The average molecular weight is 592 g/mol. The minimum Gasteiger partial charge on any atom is -0.493 e. The molecule has 0 bridgehead atoms. The highest BCUT2D eigenvalue weighted by atomic mass is 35.5. The van der Waals surface area contributed by atoms with Crippen LogP contribution in [0.1, 0.15) is 41.0 Å². The van der Waals surface area contributed by atoms with Gasteiger partial charge in [0.1, 0.15) is 18.2 Å². The maximum absolute atomic E-state index is 14.4. The lowest BCUT2D eigenvalue weighted by Crippen LogP contribution is -2.35. The van der Waals surface area contributed by atoms with Gasteiger partial charge in [-0.25, -0.2) is 14.4 Å². The number of hydrogen-bond acceptors (Lipinski definition) is 8. The predicted octanol–water partition coefficient (Wildman–Crippen LogP) is 6.80. The molecule has 0 aliphatic carbocycles. The van der Waals surface area contributed by atoms with E-state index in [1.165, 1.54) is 18.8 Å². The van der Waals surface area contributed by atoms with Crippen molar-refractivity contribution in [2.45, 2.75) is 53.2 Å². The first-order valence-corrected chi connectivity index (χ1v) is 13.9. The van der Waals surface area contributed by atoms with Gasteiger partial charge in [0.05, 0.1) is 29.9 Å². The Bertz CT molecular complexity index is 1160. The van der Waals surface area contributed by atoms with Gasteiger partial charge in [0.15, 0.2) is 17.3 Å². The number of terminal acetylenes is 1. The third-order valence-electron chi connectivity index (χ3n) is 5.44. The fourth-order valence-corrected chi connectivity index (χ4v) is 3.39. The summed E-state index contributed by atoms with van der Waals surface area (Å²) in [4.78, 5) is 10.8. The van der Waals surface area contributed by atoms with Crippen LogP contribution in [-0.4, -0.2) is 75.0 Å². The molecule has 0 radical (unpaired) electrons. The van der Waals surface area contributed by atoms with Gasteiger partial charge in [-0.15, -0.1) is 12.8 Å². The fraction of sp³-hybridized carbons (Fsp3) is 0.484. The zero-order valence-electron chi connectivity index (χ0n) is 25.9. The summed E-state index contributed by atoms with van der Waals surface area (Å²) in [6.07, 6.45) is 10.6. The van der Waals surface area contributed by atoms with E-state index >= 15 is 0 Å². The zero-order chi connectivity index (χ0) is 31.4. The molecule has 8 nitrogen and oxygen atoms in total. The molecule has 3 aromatic rings. The monoisotopic (exact) mass is 591 g/mol. The van der Waals surface area contributed by atoms with E-state index < -0.39 is 5.82 Å². The Kier molecular flexibility index (Phi) is 19.9. The fourth-order valence-electron chi connectivity index (χ4n) is 3.22. The molecule has 1 heterocycles. The SMILES string of the molecule is C#C.CCC.CNCCOC.COc1cc2ncnc(Nc3cccc(Cl)c3F)c2cc1OC(C)CN(C)C(C)C. The molecule has 10 heteroatoms. The molecule has 41 heavy (non-hydrogen) atoms. The van der Waals surface area contributed by atoms with Crippen molar-refractivity contribution in [2.24, 2.45) is 0 Å². The van der Waals surface area contributed by atoms with Crippen LogP contribution >= 0.6 is 11.6 Å². The van der Waals surface area contributed by atoms with Gasteiger partial charge in [-0.3, -0.25) is 0 Å². The highest BCUT2D eigenvalue weighted by Gasteiger charge is 2.17. The predicted molar refractivity (Wildman–Crippen MR) is 170 cm³/mol. The molecule has 0 saturated carbocycles. The second-order valence-electron chi connectivity index (χ2n) is 9.23. The highest BCUT2D eigenvalue weighted by molar-refractivity contribution is 6.31. The Morgan fingerprint density at radius 3 is 2.27 bits per heavy atom. The molecule has 0 aliphatic heterocycles. The van der Waals surface area contributed by atoms with Crippen LogP contribution < -0.4 is 20.1 Å². The molecule has 0 spiro atoms. The van der Waals surface area contributed by atoms with Crippen molar-refractivity contribution >= 4 is 34.0 Å². The molecule has 0 saturated heterocycles. The van der Waals surface area contributed by atoms with E-state index in [1.54, 1.807) is 32.4 Å². The molecule has 2 aromatic carbocycles. The minimum absolute atomic E-state index is 0.0344. The number of rotatable bonds is 11. The van der Waals surface area contributed by atoms with Crippen LogP contribution in [0.3, 0.4) is 0 Å². The van der Waals surface area contributed by atoms with E-state index in [9.17, 15) is 4.39 Å². The summed E-state index contributed by atoms with van der Waals surface area (Å²) in [5.41, 5.74) is 0.874. The number of nitrogens with zero attached hydrogens (tertiary/aromatic N) is 3. The molecule has 3 rings (SSSR count). The van der Waals surface area contributed by atoms with Gasteiger partial charge in [-0.2, -0.15) is 0 Å². The maximum Gasteiger partial charge on any atom is 0.165 e. The standard InChI is InChI=1S/C22H26ClFN4O2.C4H11NO.C3H8.C2H2/c1-13(2)28(4)11-14(3)30-20-9-15-18(10-19(20)29-5)25-12-26-22(15)27-17-8-6-7-16(23)21(17)24;1-5-3-4-6-2;1-3-2;1-2/h6-10,12-14H,11H2,1-5H3,(H,25,26,27);5H,3-4H2,1-2H3;3H2,1-2H3;1-2H.